The number of nitrogens with zero attached hydrogens (tertiary/aromatic N) is 1. The minimum absolute atomic E-state index is 0.0742. The number of hydrogen-bond donors (Lipinski definition) is 2. The topological polar surface area (TPSA) is 71.3 Å². The first-order valence-electron chi connectivity index (χ1n) is 6.77. The Balaban J connectivity index is 1.73. The molecule has 1 aromatic rings. The SMILES string of the molecule is O=C(CCn1ccccc1=O)NCC1CCCC1O. The average Bonchev–Trinajstić information content (AvgIpc) is 2.81. The van der Waals surface area contributed by atoms with Crippen molar-refractivity contribution in [1.82, 2.24) is 9.88 Å². The number of amides is 1. The third-order valence-corrected chi connectivity index (χ3v) is 3.66. The molecule has 1 saturated carbocycles. The first kappa shape index (κ1) is 13.8. The lowest BCUT2D eigenvalue weighted by Crippen LogP contribution is -2.33. The molecule has 1 amide bonds. The molecule has 5 heteroatoms. The summed E-state index contributed by atoms with van der Waals surface area (Å²) in [6.07, 6.45) is 4.51. The lowest BCUT2D eigenvalue weighted by molar-refractivity contribution is -0.121. The zero-order valence-electron chi connectivity index (χ0n) is 10.9. The van der Waals surface area contributed by atoms with Gasteiger partial charge in [0.25, 0.3) is 5.56 Å². The number of aryl methyl sites for hydroxylation is 1. The zero-order valence-corrected chi connectivity index (χ0v) is 10.9. The predicted molar refractivity (Wildman–Crippen MR) is 71.7 cm³/mol. The zero-order chi connectivity index (χ0) is 13.7. The lowest BCUT2D eigenvalue weighted by Gasteiger charge is -2.15. The van der Waals surface area contributed by atoms with Crippen LogP contribution < -0.4 is 10.9 Å². The van der Waals surface area contributed by atoms with E-state index in [1.807, 2.05) is 0 Å². The maximum Gasteiger partial charge on any atom is 0.250 e. The second-order valence-corrected chi connectivity index (χ2v) is 5.04. The molecule has 1 fully saturated rings. The molecule has 1 heterocycles. The minimum Gasteiger partial charge on any atom is -0.393 e. The van der Waals surface area contributed by atoms with Gasteiger partial charge in [-0.3, -0.25) is 9.59 Å². The fourth-order valence-corrected chi connectivity index (χ4v) is 2.46. The van der Waals surface area contributed by atoms with E-state index < -0.39 is 0 Å². The van der Waals surface area contributed by atoms with Crippen molar-refractivity contribution >= 4 is 5.91 Å². The molecule has 2 N–H and O–H groups in total. The van der Waals surface area contributed by atoms with E-state index in [2.05, 4.69) is 5.32 Å². The second kappa shape index (κ2) is 6.52. The van der Waals surface area contributed by atoms with E-state index in [0.717, 1.165) is 19.3 Å². The Labute approximate surface area is 112 Å². The van der Waals surface area contributed by atoms with Crippen molar-refractivity contribution in [2.45, 2.75) is 38.3 Å². The van der Waals surface area contributed by atoms with Crippen LogP contribution in [0.1, 0.15) is 25.7 Å². The van der Waals surface area contributed by atoms with Crippen LogP contribution in [0.25, 0.3) is 0 Å². The molecule has 0 saturated heterocycles. The third kappa shape index (κ3) is 3.92. The van der Waals surface area contributed by atoms with Gasteiger partial charge in [-0.05, 0) is 18.9 Å². The molecule has 0 bridgehead atoms. The van der Waals surface area contributed by atoms with Gasteiger partial charge in [0.2, 0.25) is 5.91 Å². The highest BCUT2D eigenvalue weighted by molar-refractivity contribution is 5.75. The van der Waals surface area contributed by atoms with Gasteiger partial charge in [-0.1, -0.05) is 12.5 Å². The average molecular weight is 264 g/mol. The Kier molecular flexibility index (Phi) is 4.74. The highest BCUT2D eigenvalue weighted by Gasteiger charge is 2.25. The van der Waals surface area contributed by atoms with Crippen molar-refractivity contribution in [3.8, 4) is 0 Å². The van der Waals surface area contributed by atoms with Crippen molar-refractivity contribution < 1.29 is 9.90 Å². The molecule has 104 valence electrons. The van der Waals surface area contributed by atoms with E-state index in [-0.39, 0.29) is 29.9 Å². The van der Waals surface area contributed by atoms with Gasteiger partial charge in [-0.2, -0.15) is 0 Å². The fraction of sp³-hybridized carbons (Fsp3) is 0.571. The number of pyridine rings is 1. The molecule has 2 unspecified atom stereocenters. The molecule has 19 heavy (non-hydrogen) atoms. The summed E-state index contributed by atoms with van der Waals surface area (Å²) >= 11 is 0. The number of hydrogen-bond acceptors (Lipinski definition) is 3. The van der Waals surface area contributed by atoms with Crippen LogP contribution in [-0.4, -0.2) is 28.2 Å². The van der Waals surface area contributed by atoms with Crippen molar-refractivity contribution in [3.05, 3.63) is 34.7 Å². The fourth-order valence-electron chi connectivity index (χ4n) is 2.46. The van der Waals surface area contributed by atoms with Crippen LogP contribution in [0.5, 0.6) is 0 Å². The quantitative estimate of drug-likeness (QED) is 0.814. The number of aliphatic hydroxyl groups excluding tert-OH is 1. The maximum atomic E-state index is 11.7. The van der Waals surface area contributed by atoms with Crippen LogP contribution in [0.3, 0.4) is 0 Å². The largest absolute Gasteiger partial charge is 0.393 e. The minimum atomic E-state index is -0.281. The molecule has 0 spiro atoms. The molecule has 1 aromatic heterocycles. The summed E-state index contributed by atoms with van der Waals surface area (Å²) < 4.78 is 1.52. The number of nitrogens with one attached hydrogen (secondary N) is 1. The summed E-state index contributed by atoms with van der Waals surface area (Å²) in [5, 5.41) is 12.5. The summed E-state index contributed by atoms with van der Waals surface area (Å²) in [4.78, 5) is 23.1. The van der Waals surface area contributed by atoms with Gasteiger partial charge in [-0.25, -0.2) is 0 Å². The van der Waals surface area contributed by atoms with Crippen LogP contribution in [0.4, 0.5) is 0 Å². The van der Waals surface area contributed by atoms with Crippen LogP contribution in [-0.2, 0) is 11.3 Å². The van der Waals surface area contributed by atoms with Crippen LogP contribution in [0.15, 0.2) is 29.2 Å². The van der Waals surface area contributed by atoms with E-state index >= 15 is 0 Å². The maximum absolute atomic E-state index is 11.7. The van der Waals surface area contributed by atoms with Crippen LogP contribution in [0.2, 0.25) is 0 Å². The van der Waals surface area contributed by atoms with Gasteiger partial charge in [0.15, 0.2) is 0 Å². The molecule has 1 aliphatic rings. The molecule has 5 nitrogen and oxygen atoms in total. The number of carbonyl (C=O) groups is 1. The predicted octanol–water partition coefficient (Wildman–Crippen LogP) is 0.516. The first-order valence-corrected chi connectivity index (χ1v) is 6.77. The summed E-state index contributed by atoms with van der Waals surface area (Å²) in [6, 6.07) is 4.93. The monoisotopic (exact) mass is 264 g/mol. The van der Waals surface area contributed by atoms with E-state index in [1.54, 1.807) is 18.3 Å². The van der Waals surface area contributed by atoms with Gasteiger partial charge in [0, 0.05) is 37.7 Å². The Morgan fingerprint density at radius 1 is 1.42 bits per heavy atom. The summed E-state index contributed by atoms with van der Waals surface area (Å²) in [5.74, 6) is 0.109. The molecule has 0 aliphatic heterocycles. The third-order valence-electron chi connectivity index (χ3n) is 3.66. The smallest absolute Gasteiger partial charge is 0.250 e. The first-order chi connectivity index (χ1) is 9.16. The standard InChI is InChI=1S/C14H20N2O3/c17-12-5-3-4-11(12)10-15-13(18)7-9-16-8-2-1-6-14(16)19/h1-2,6,8,11-12,17H,3-5,7,9-10H2,(H,15,18). The number of aromatic nitrogens is 1. The Morgan fingerprint density at radius 2 is 2.26 bits per heavy atom. The van der Waals surface area contributed by atoms with Gasteiger partial charge in [0.1, 0.15) is 0 Å². The van der Waals surface area contributed by atoms with Crippen molar-refractivity contribution in [1.29, 1.82) is 0 Å². The summed E-state index contributed by atoms with van der Waals surface area (Å²) in [6.45, 7) is 0.919. The Bertz CT molecular complexity index is 484. The Hall–Kier alpha value is -1.62. The highest BCUT2D eigenvalue weighted by Crippen LogP contribution is 2.24. The molecule has 0 radical (unpaired) electrons. The van der Waals surface area contributed by atoms with E-state index in [4.69, 9.17) is 0 Å². The highest BCUT2D eigenvalue weighted by atomic mass is 16.3. The normalized spacial score (nSPS) is 22.4. The van der Waals surface area contributed by atoms with Crippen molar-refractivity contribution in [2.24, 2.45) is 5.92 Å². The molecule has 2 rings (SSSR count). The van der Waals surface area contributed by atoms with E-state index in [0.29, 0.717) is 13.1 Å². The number of rotatable bonds is 5. The van der Waals surface area contributed by atoms with Crippen molar-refractivity contribution in [2.75, 3.05) is 6.54 Å². The molecular formula is C14H20N2O3. The lowest BCUT2D eigenvalue weighted by atomic mass is 10.1. The summed E-state index contributed by atoms with van der Waals surface area (Å²) in [5.41, 5.74) is -0.0958. The molecule has 2 atom stereocenters. The van der Waals surface area contributed by atoms with E-state index in [9.17, 15) is 14.7 Å². The van der Waals surface area contributed by atoms with Crippen molar-refractivity contribution in [3.63, 3.8) is 0 Å². The second-order valence-electron chi connectivity index (χ2n) is 5.04. The van der Waals surface area contributed by atoms with Gasteiger partial charge < -0.3 is 15.0 Å². The molecule has 0 aromatic carbocycles. The van der Waals surface area contributed by atoms with Crippen LogP contribution >= 0.6 is 0 Å². The Morgan fingerprint density at radius 3 is 2.95 bits per heavy atom. The number of carbonyl (C=O) groups excluding carboxylic acids is 1. The molecular weight excluding hydrogens is 244 g/mol. The molecule has 1 aliphatic carbocycles. The summed E-state index contributed by atoms with van der Waals surface area (Å²) in [7, 11) is 0. The van der Waals surface area contributed by atoms with Gasteiger partial charge in [0.05, 0.1) is 6.10 Å². The van der Waals surface area contributed by atoms with Gasteiger partial charge >= 0.3 is 0 Å². The van der Waals surface area contributed by atoms with Gasteiger partial charge in [-0.15, -0.1) is 0 Å². The van der Waals surface area contributed by atoms with Crippen LogP contribution in [0, 0.1) is 5.92 Å². The number of aliphatic hydroxyl groups is 1. The van der Waals surface area contributed by atoms with E-state index in [1.165, 1.54) is 10.6 Å².